The van der Waals surface area contributed by atoms with Crippen LogP contribution in [0.2, 0.25) is 0 Å². The lowest BCUT2D eigenvalue weighted by atomic mass is 9.97. The van der Waals surface area contributed by atoms with Crippen LogP contribution in [0.15, 0.2) is 24.9 Å². The molecule has 0 spiro atoms. The lowest BCUT2D eigenvalue weighted by molar-refractivity contribution is 0.0972. The molecule has 1 aromatic heterocycles. The number of nitrogens with zero attached hydrogens (tertiary/aromatic N) is 1. The number of hydrogen-bond acceptors (Lipinski definition) is 2. The van der Waals surface area contributed by atoms with E-state index < -0.39 is 0 Å². The third-order valence-electron chi connectivity index (χ3n) is 2.91. The molecule has 0 N–H and O–H groups in total. The molecule has 86 valence electrons. The standard InChI is InChI=1S/C13H17NOS/c1-2-9-16-10-8-14-7-6-11-12(14)4-3-5-13(11)15/h2,6-7H,1,3-5,8-10H2. The van der Waals surface area contributed by atoms with Crippen LogP contribution in [0.5, 0.6) is 0 Å². The Labute approximate surface area is 101 Å². The molecule has 0 radical (unpaired) electrons. The van der Waals surface area contributed by atoms with E-state index in [1.54, 1.807) is 0 Å². The molecule has 2 nitrogen and oxygen atoms in total. The number of ketones is 1. The zero-order valence-electron chi connectivity index (χ0n) is 9.45. The highest BCUT2D eigenvalue weighted by atomic mass is 32.2. The van der Waals surface area contributed by atoms with Crippen LogP contribution in [-0.2, 0) is 13.0 Å². The summed E-state index contributed by atoms with van der Waals surface area (Å²) in [6.07, 6.45) is 6.78. The van der Waals surface area contributed by atoms with Gasteiger partial charge in [0, 0.05) is 41.9 Å². The predicted octanol–water partition coefficient (Wildman–Crippen LogP) is 2.93. The number of aromatic nitrogens is 1. The lowest BCUT2D eigenvalue weighted by Gasteiger charge is -2.14. The number of rotatable bonds is 5. The van der Waals surface area contributed by atoms with Crippen LogP contribution in [0, 0.1) is 0 Å². The van der Waals surface area contributed by atoms with Gasteiger partial charge in [0.25, 0.3) is 0 Å². The number of thioether (sulfide) groups is 1. The van der Waals surface area contributed by atoms with Crippen molar-refractivity contribution < 1.29 is 4.79 Å². The van der Waals surface area contributed by atoms with Crippen molar-refractivity contribution in [1.82, 2.24) is 4.57 Å². The molecule has 0 aromatic carbocycles. The second kappa shape index (κ2) is 5.39. The van der Waals surface area contributed by atoms with Gasteiger partial charge < -0.3 is 4.57 Å². The summed E-state index contributed by atoms with van der Waals surface area (Å²) in [5, 5.41) is 0. The van der Waals surface area contributed by atoms with E-state index in [1.807, 2.05) is 23.9 Å². The highest BCUT2D eigenvalue weighted by Gasteiger charge is 2.19. The Hall–Kier alpha value is -0.960. The number of Topliss-reactive ketones (excluding diaryl/α,β-unsaturated/α-hetero) is 1. The Morgan fingerprint density at radius 2 is 2.38 bits per heavy atom. The summed E-state index contributed by atoms with van der Waals surface area (Å²) >= 11 is 1.88. The van der Waals surface area contributed by atoms with Gasteiger partial charge in [-0.2, -0.15) is 11.8 Å². The molecule has 0 unspecified atom stereocenters. The van der Waals surface area contributed by atoms with Crippen molar-refractivity contribution in [3.8, 4) is 0 Å². The first-order valence-corrected chi connectivity index (χ1v) is 6.88. The van der Waals surface area contributed by atoms with Crippen LogP contribution in [0.25, 0.3) is 0 Å². The van der Waals surface area contributed by atoms with Crippen molar-refractivity contribution in [2.45, 2.75) is 25.8 Å². The van der Waals surface area contributed by atoms with Crippen LogP contribution in [0.3, 0.4) is 0 Å². The predicted molar refractivity (Wildman–Crippen MR) is 69.2 cm³/mol. The number of carbonyl (C=O) groups is 1. The summed E-state index contributed by atoms with van der Waals surface area (Å²) in [5.41, 5.74) is 2.20. The quantitative estimate of drug-likeness (QED) is 0.578. The minimum absolute atomic E-state index is 0.318. The van der Waals surface area contributed by atoms with Crippen LogP contribution in [0.4, 0.5) is 0 Å². The fraction of sp³-hybridized carbons (Fsp3) is 0.462. The fourth-order valence-corrected chi connectivity index (χ4v) is 2.79. The number of hydrogen-bond donors (Lipinski definition) is 0. The first kappa shape index (κ1) is 11.5. The van der Waals surface area contributed by atoms with Crippen molar-refractivity contribution >= 4 is 17.5 Å². The fourth-order valence-electron chi connectivity index (χ4n) is 2.13. The second-order valence-corrected chi connectivity index (χ2v) is 5.16. The summed E-state index contributed by atoms with van der Waals surface area (Å²) in [6, 6.07) is 1.98. The van der Waals surface area contributed by atoms with E-state index in [4.69, 9.17) is 0 Å². The zero-order valence-corrected chi connectivity index (χ0v) is 10.3. The monoisotopic (exact) mass is 235 g/mol. The minimum Gasteiger partial charge on any atom is -0.350 e. The lowest BCUT2D eigenvalue weighted by Crippen LogP contribution is -2.13. The van der Waals surface area contributed by atoms with Crippen molar-refractivity contribution in [3.05, 3.63) is 36.2 Å². The van der Waals surface area contributed by atoms with Gasteiger partial charge in [-0.3, -0.25) is 4.79 Å². The van der Waals surface area contributed by atoms with Crippen LogP contribution >= 0.6 is 11.8 Å². The van der Waals surface area contributed by atoms with Crippen molar-refractivity contribution in [2.24, 2.45) is 0 Å². The van der Waals surface area contributed by atoms with Crippen LogP contribution in [0.1, 0.15) is 28.9 Å². The summed E-state index contributed by atoms with van der Waals surface area (Å²) in [7, 11) is 0. The van der Waals surface area contributed by atoms with Gasteiger partial charge in [0.15, 0.2) is 5.78 Å². The molecule has 3 heteroatoms. The van der Waals surface area contributed by atoms with E-state index in [-0.39, 0.29) is 0 Å². The molecular formula is C13H17NOS. The Morgan fingerprint density at radius 3 is 3.19 bits per heavy atom. The van der Waals surface area contributed by atoms with Gasteiger partial charge in [-0.1, -0.05) is 6.08 Å². The summed E-state index contributed by atoms with van der Waals surface area (Å²) in [5.74, 6) is 2.41. The topological polar surface area (TPSA) is 22.0 Å². The molecule has 1 aliphatic rings. The Bertz CT molecular complexity index is 395. The SMILES string of the molecule is C=CCSCCn1ccc2c1CCCC2=O. The highest BCUT2D eigenvalue weighted by Crippen LogP contribution is 2.22. The molecule has 16 heavy (non-hydrogen) atoms. The minimum atomic E-state index is 0.318. The Balaban J connectivity index is 2.00. The van der Waals surface area contributed by atoms with E-state index in [0.717, 1.165) is 42.9 Å². The van der Waals surface area contributed by atoms with Crippen molar-refractivity contribution in [1.29, 1.82) is 0 Å². The van der Waals surface area contributed by atoms with Crippen molar-refractivity contribution in [2.75, 3.05) is 11.5 Å². The average Bonchev–Trinajstić information content (AvgIpc) is 2.70. The summed E-state index contributed by atoms with van der Waals surface area (Å²) in [4.78, 5) is 11.6. The van der Waals surface area contributed by atoms with E-state index in [2.05, 4.69) is 17.3 Å². The first-order chi connectivity index (χ1) is 7.83. The van der Waals surface area contributed by atoms with Crippen LogP contribution < -0.4 is 0 Å². The van der Waals surface area contributed by atoms with E-state index in [1.165, 1.54) is 5.69 Å². The van der Waals surface area contributed by atoms with Gasteiger partial charge in [0.05, 0.1) is 0 Å². The summed E-state index contributed by atoms with van der Waals surface area (Å²) < 4.78 is 2.24. The number of carbonyl (C=O) groups excluding carboxylic acids is 1. The molecule has 0 amide bonds. The molecule has 1 aromatic rings. The maximum Gasteiger partial charge on any atom is 0.164 e. The van der Waals surface area contributed by atoms with E-state index >= 15 is 0 Å². The maximum absolute atomic E-state index is 11.6. The number of fused-ring (bicyclic) bond motifs is 1. The highest BCUT2D eigenvalue weighted by molar-refractivity contribution is 7.99. The molecule has 0 atom stereocenters. The Kier molecular flexibility index (Phi) is 3.88. The van der Waals surface area contributed by atoms with Gasteiger partial charge in [-0.15, -0.1) is 6.58 Å². The molecule has 0 saturated heterocycles. The van der Waals surface area contributed by atoms with E-state index in [0.29, 0.717) is 5.78 Å². The van der Waals surface area contributed by atoms with Gasteiger partial charge in [-0.25, -0.2) is 0 Å². The molecule has 0 fully saturated rings. The molecule has 2 rings (SSSR count). The number of aryl methyl sites for hydroxylation is 1. The zero-order chi connectivity index (χ0) is 11.4. The summed E-state index contributed by atoms with van der Waals surface area (Å²) in [6.45, 7) is 4.70. The van der Waals surface area contributed by atoms with Gasteiger partial charge in [0.2, 0.25) is 0 Å². The second-order valence-electron chi connectivity index (χ2n) is 4.01. The van der Waals surface area contributed by atoms with Gasteiger partial charge in [0.1, 0.15) is 0 Å². The Morgan fingerprint density at radius 1 is 1.50 bits per heavy atom. The molecule has 0 saturated carbocycles. The van der Waals surface area contributed by atoms with Gasteiger partial charge in [-0.05, 0) is 18.9 Å². The van der Waals surface area contributed by atoms with Crippen molar-refractivity contribution in [3.63, 3.8) is 0 Å². The molecule has 0 bridgehead atoms. The average molecular weight is 235 g/mol. The van der Waals surface area contributed by atoms with Gasteiger partial charge >= 0.3 is 0 Å². The maximum atomic E-state index is 11.6. The molecule has 1 heterocycles. The normalized spacial score (nSPS) is 14.9. The smallest absolute Gasteiger partial charge is 0.164 e. The van der Waals surface area contributed by atoms with E-state index in [9.17, 15) is 4.79 Å². The third kappa shape index (κ3) is 2.40. The van der Waals surface area contributed by atoms with Crippen LogP contribution in [-0.4, -0.2) is 21.9 Å². The third-order valence-corrected chi connectivity index (χ3v) is 3.85. The largest absolute Gasteiger partial charge is 0.350 e. The molecule has 1 aliphatic carbocycles. The first-order valence-electron chi connectivity index (χ1n) is 5.73. The molecule has 0 aliphatic heterocycles. The molecular weight excluding hydrogens is 218 g/mol.